The van der Waals surface area contributed by atoms with Crippen LogP contribution < -0.4 is 14.8 Å². The van der Waals surface area contributed by atoms with Crippen LogP contribution >= 0.6 is 11.6 Å². The fourth-order valence-electron chi connectivity index (χ4n) is 4.16. The maximum Gasteiger partial charge on any atom is 0.254 e. The lowest BCUT2D eigenvalue weighted by Crippen LogP contribution is -2.40. The number of nitrogens with zero attached hydrogens (tertiary/aromatic N) is 3. The van der Waals surface area contributed by atoms with Gasteiger partial charge in [0.15, 0.2) is 0 Å². The lowest BCUT2D eigenvalue weighted by Gasteiger charge is -2.24. The van der Waals surface area contributed by atoms with Crippen molar-refractivity contribution in [2.75, 3.05) is 32.6 Å². The zero-order chi connectivity index (χ0) is 27.9. The third-order valence-electron chi connectivity index (χ3n) is 5.93. The molecule has 3 aromatic carbocycles. The standard InChI is InChI=1S/C30H31ClN4O4/c1-20(2)18-34(30(37)22-14-23(38-3)16-24(15-22)39-4)19-29(36)32-28-17-26(21-10-6-5-7-11-21)33-35(28)27-13-9-8-12-25(27)31/h5-17,20H,18-19H2,1-4H3,(H,32,36). The molecule has 0 radical (unpaired) electrons. The molecule has 1 heterocycles. The second-order valence-electron chi connectivity index (χ2n) is 9.37. The first-order valence-corrected chi connectivity index (χ1v) is 12.9. The zero-order valence-corrected chi connectivity index (χ0v) is 23.1. The average molecular weight is 547 g/mol. The highest BCUT2D eigenvalue weighted by molar-refractivity contribution is 6.32. The number of halogens is 1. The van der Waals surface area contributed by atoms with E-state index in [0.29, 0.717) is 45.8 Å². The van der Waals surface area contributed by atoms with Crippen molar-refractivity contribution in [1.82, 2.24) is 14.7 Å². The number of aromatic nitrogens is 2. The molecule has 0 bridgehead atoms. The Labute approximate surface area is 233 Å². The minimum absolute atomic E-state index is 0.132. The van der Waals surface area contributed by atoms with Gasteiger partial charge in [-0.2, -0.15) is 5.10 Å². The molecule has 0 unspecified atom stereocenters. The Morgan fingerprint density at radius 2 is 1.59 bits per heavy atom. The maximum absolute atomic E-state index is 13.5. The van der Waals surface area contributed by atoms with Gasteiger partial charge in [0.25, 0.3) is 5.91 Å². The molecule has 9 heteroatoms. The highest BCUT2D eigenvalue weighted by Crippen LogP contribution is 2.28. The van der Waals surface area contributed by atoms with E-state index in [2.05, 4.69) is 5.32 Å². The molecule has 0 aliphatic rings. The van der Waals surface area contributed by atoms with Crippen molar-refractivity contribution in [3.05, 3.63) is 89.4 Å². The van der Waals surface area contributed by atoms with Crippen LogP contribution in [-0.4, -0.2) is 53.8 Å². The Balaban J connectivity index is 1.63. The molecule has 0 saturated heterocycles. The van der Waals surface area contributed by atoms with Gasteiger partial charge in [0, 0.05) is 29.8 Å². The number of benzene rings is 3. The predicted molar refractivity (Wildman–Crippen MR) is 153 cm³/mol. The van der Waals surface area contributed by atoms with E-state index in [-0.39, 0.29) is 24.3 Å². The molecule has 202 valence electrons. The van der Waals surface area contributed by atoms with E-state index in [1.165, 1.54) is 19.1 Å². The van der Waals surface area contributed by atoms with Crippen LogP contribution in [0.15, 0.2) is 78.9 Å². The molecule has 4 rings (SSSR count). The van der Waals surface area contributed by atoms with Crippen LogP contribution in [0.3, 0.4) is 0 Å². The predicted octanol–water partition coefficient (Wildman–Crippen LogP) is 5.95. The molecule has 39 heavy (non-hydrogen) atoms. The number of para-hydroxylation sites is 1. The molecule has 0 atom stereocenters. The number of methoxy groups -OCH3 is 2. The van der Waals surface area contributed by atoms with E-state index in [4.69, 9.17) is 26.2 Å². The van der Waals surface area contributed by atoms with Crippen molar-refractivity contribution >= 4 is 29.2 Å². The maximum atomic E-state index is 13.5. The van der Waals surface area contributed by atoms with E-state index in [0.717, 1.165) is 5.56 Å². The molecule has 0 aliphatic heterocycles. The van der Waals surface area contributed by atoms with Gasteiger partial charge in [-0.25, -0.2) is 4.68 Å². The van der Waals surface area contributed by atoms with Gasteiger partial charge in [0.1, 0.15) is 23.9 Å². The van der Waals surface area contributed by atoms with Gasteiger partial charge in [-0.3, -0.25) is 9.59 Å². The topological polar surface area (TPSA) is 85.7 Å². The third-order valence-corrected chi connectivity index (χ3v) is 6.25. The molecule has 1 aromatic heterocycles. The van der Waals surface area contributed by atoms with Gasteiger partial charge in [-0.15, -0.1) is 0 Å². The number of carbonyl (C=O) groups is 2. The summed E-state index contributed by atoms with van der Waals surface area (Å²) in [6.07, 6.45) is 0. The summed E-state index contributed by atoms with van der Waals surface area (Å²) < 4.78 is 12.2. The number of rotatable bonds is 10. The first-order chi connectivity index (χ1) is 18.8. The molecular weight excluding hydrogens is 516 g/mol. The van der Waals surface area contributed by atoms with Gasteiger partial charge in [0.2, 0.25) is 5.91 Å². The fourth-order valence-corrected chi connectivity index (χ4v) is 4.37. The number of nitrogens with one attached hydrogen (secondary N) is 1. The van der Waals surface area contributed by atoms with Crippen molar-refractivity contribution in [2.45, 2.75) is 13.8 Å². The summed E-state index contributed by atoms with van der Waals surface area (Å²) in [5.41, 5.74) is 2.55. The molecule has 2 amide bonds. The second kappa shape index (κ2) is 12.5. The highest BCUT2D eigenvalue weighted by atomic mass is 35.5. The van der Waals surface area contributed by atoms with Gasteiger partial charge in [-0.1, -0.05) is 67.9 Å². The second-order valence-corrected chi connectivity index (χ2v) is 9.78. The minimum atomic E-state index is -0.369. The number of hydrogen-bond donors (Lipinski definition) is 1. The summed E-state index contributed by atoms with van der Waals surface area (Å²) in [5, 5.41) is 8.15. The van der Waals surface area contributed by atoms with E-state index >= 15 is 0 Å². The van der Waals surface area contributed by atoms with Crippen molar-refractivity contribution in [3.8, 4) is 28.4 Å². The summed E-state index contributed by atoms with van der Waals surface area (Å²) >= 11 is 6.48. The summed E-state index contributed by atoms with van der Waals surface area (Å²) in [6, 6.07) is 23.7. The SMILES string of the molecule is COc1cc(OC)cc(C(=O)N(CC(=O)Nc2cc(-c3ccccc3)nn2-c2ccccc2Cl)CC(C)C)c1. The molecular formula is C30H31ClN4O4. The van der Waals surface area contributed by atoms with Crippen molar-refractivity contribution in [2.24, 2.45) is 5.92 Å². The Morgan fingerprint density at radius 3 is 2.21 bits per heavy atom. The number of amides is 2. The van der Waals surface area contributed by atoms with Crippen LogP contribution in [0.4, 0.5) is 5.82 Å². The Kier molecular flexibility index (Phi) is 8.88. The van der Waals surface area contributed by atoms with Gasteiger partial charge in [0.05, 0.1) is 30.6 Å². The number of anilines is 1. The first-order valence-electron chi connectivity index (χ1n) is 12.5. The summed E-state index contributed by atoms with van der Waals surface area (Å²) in [7, 11) is 3.04. The Morgan fingerprint density at radius 1 is 0.949 bits per heavy atom. The van der Waals surface area contributed by atoms with Crippen LogP contribution in [0.25, 0.3) is 16.9 Å². The summed E-state index contributed by atoms with van der Waals surface area (Å²) in [4.78, 5) is 28.4. The normalized spacial score (nSPS) is 10.8. The van der Waals surface area contributed by atoms with Gasteiger partial charge < -0.3 is 19.7 Å². The Hall–Kier alpha value is -4.30. The Bertz CT molecular complexity index is 1430. The van der Waals surface area contributed by atoms with E-state index in [1.54, 1.807) is 35.0 Å². The molecule has 1 N–H and O–H groups in total. The highest BCUT2D eigenvalue weighted by Gasteiger charge is 2.23. The molecule has 0 fully saturated rings. The molecule has 0 saturated carbocycles. The molecule has 0 spiro atoms. The van der Waals surface area contributed by atoms with E-state index in [1.807, 2.05) is 62.4 Å². The molecule has 8 nitrogen and oxygen atoms in total. The summed E-state index contributed by atoms with van der Waals surface area (Å²) in [5.74, 6) is 0.874. The van der Waals surface area contributed by atoms with Crippen LogP contribution in [0.1, 0.15) is 24.2 Å². The van der Waals surface area contributed by atoms with Crippen molar-refractivity contribution in [1.29, 1.82) is 0 Å². The summed E-state index contributed by atoms with van der Waals surface area (Å²) in [6.45, 7) is 4.20. The number of carbonyl (C=O) groups excluding carboxylic acids is 2. The van der Waals surface area contributed by atoms with Crippen LogP contribution in [-0.2, 0) is 4.79 Å². The monoisotopic (exact) mass is 546 g/mol. The largest absolute Gasteiger partial charge is 0.497 e. The number of hydrogen-bond acceptors (Lipinski definition) is 5. The average Bonchev–Trinajstić information content (AvgIpc) is 3.35. The lowest BCUT2D eigenvalue weighted by atomic mass is 10.1. The third kappa shape index (κ3) is 6.78. The van der Waals surface area contributed by atoms with Gasteiger partial charge in [-0.05, 0) is 30.2 Å². The van der Waals surface area contributed by atoms with Crippen LogP contribution in [0, 0.1) is 5.92 Å². The zero-order valence-electron chi connectivity index (χ0n) is 22.3. The first kappa shape index (κ1) is 27.7. The van der Waals surface area contributed by atoms with E-state index in [9.17, 15) is 9.59 Å². The van der Waals surface area contributed by atoms with E-state index < -0.39 is 0 Å². The number of ether oxygens (including phenoxy) is 2. The van der Waals surface area contributed by atoms with Crippen LogP contribution in [0.5, 0.6) is 11.5 Å². The smallest absolute Gasteiger partial charge is 0.254 e. The van der Waals surface area contributed by atoms with Crippen molar-refractivity contribution in [3.63, 3.8) is 0 Å². The molecule has 0 aliphatic carbocycles. The fraction of sp³-hybridized carbons (Fsp3) is 0.233. The van der Waals surface area contributed by atoms with Crippen molar-refractivity contribution < 1.29 is 19.1 Å². The van der Waals surface area contributed by atoms with Gasteiger partial charge >= 0.3 is 0 Å². The van der Waals surface area contributed by atoms with Crippen LogP contribution in [0.2, 0.25) is 5.02 Å². The molecule has 4 aromatic rings. The minimum Gasteiger partial charge on any atom is -0.497 e. The lowest BCUT2D eigenvalue weighted by molar-refractivity contribution is -0.117. The quantitative estimate of drug-likeness (QED) is 0.266.